The molecule has 0 radical (unpaired) electrons. The highest BCUT2D eigenvalue weighted by atomic mass is 16.2. The molecule has 2 amide bonds. The van der Waals surface area contributed by atoms with Crippen LogP contribution in [0, 0.1) is 0 Å². The third kappa shape index (κ3) is 1.86. The number of hydrogen-bond acceptors (Lipinski definition) is 4. The lowest BCUT2D eigenvalue weighted by Gasteiger charge is -2.23. The topological polar surface area (TPSA) is 71.5 Å². The molecule has 1 aliphatic heterocycles. The number of nitrogens with zero attached hydrogens (tertiary/aromatic N) is 1. The maximum Gasteiger partial charge on any atom is 0.262 e. The smallest absolute Gasteiger partial charge is 0.262 e. The fourth-order valence-electron chi connectivity index (χ4n) is 2.44. The van der Waals surface area contributed by atoms with Gasteiger partial charge in [0.1, 0.15) is 5.78 Å². The molecule has 20 heavy (non-hydrogen) atoms. The van der Waals surface area contributed by atoms with Crippen molar-refractivity contribution in [1.82, 2.24) is 4.90 Å². The number of imide groups is 1. The summed E-state index contributed by atoms with van der Waals surface area (Å²) in [7, 11) is 0. The van der Waals surface area contributed by atoms with E-state index >= 15 is 0 Å². The standard InChI is InChI=1S/C15H13NO4/c17-9-4-3-7-12(13(18)8-9)16-14(19)10-5-1-2-6-11(10)15(16)20/h1-2,5-6,12H,3-4,7-8H2/t12-/m0/s1/i4D2,12D. The van der Waals surface area contributed by atoms with Crippen LogP contribution in [-0.2, 0) is 9.59 Å². The highest BCUT2D eigenvalue weighted by Crippen LogP contribution is 2.28. The monoisotopic (exact) mass is 274 g/mol. The molecule has 0 aromatic heterocycles. The van der Waals surface area contributed by atoms with Crippen LogP contribution >= 0.6 is 0 Å². The van der Waals surface area contributed by atoms with Gasteiger partial charge in [0.25, 0.3) is 11.8 Å². The maximum atomic E-state index is 12.5. The Bertz CT molecular complexity index is 726. The summed E-state index contributed by atoms with van der Waals surface area (Å²) >= 11 is 0. The highest BCUT2D eigenvalue weighted by Gasteiger charge is 2.43. The SMILES string of the molecule is [2H]C1([2H])CC[C@]([2H])(N2C(=O)c3ccccc3C2=O)C(=O)CC1=O. The molecule has 1 atom stereocenters. The summed E-state index contributed by atoms with van der Waals surface area (Å²) in [6, 6.07) is 3.75. The number of Topliss-reactive ketones (excluding diaryl/α,β-unsaturated/α-hetero) is 2. The molecule has 3 rings (SSSR count). The van der Waals surface area contributed by atoms with Crippen molar-refractivity contribution in [1.29, 1.82) is 0 Å². The van der Waals surface area contributed by atoms with Crippen molar-refractivity contribution in [2.75, 3.05) is 0 Å². The second-order valence-corrected chi connectivity index (χ2v) is 4.64. The average molecular weight is 274 g/mol. The number of carbonyl (C=O) groups excluding carboxylic acids is 4. The van der Waals surface area contributed by atoms with E-state index in [4.69, 9.17) is 4.11 Å². The first-order valence-electron chi connectivity index (χ1n) is 7.73. The zero-order valence-electron chi connectivity index (χ0n) is 13.5. The molecule has 5 nitrogen and oxygen atoms in total. The summed E-state index contributed by atoms with van der Waals surface area (Å²) in [5.41, 5.74) is 0.214. The number of ketones is 2. The number of rotatable bonds is 1. The molecule has 0 unspecified atom stereocenters. The van der Waals surface area contributed by atoms with Crippen LogP contribution in [0.4, 0.5) is 0 Å². The zero-order valence-corrected chi connectivity index (χ0v) is 10.5. The molecule has 0 spiro atoms. The van der Waals surface area contributed by atoms with Crippen LogP contribution < -0.4 is 0 Å². The van der Waals surface area contributed by atoms with Gasteiger partial charge in [0.15, 0.2) is 5.78 Å². The predicted octanol–water partition coefficient (Wildman–Crippen LogP) is 1.36. The van der Waals surface area contributed by atoms with Gasteiger partial charge < -0.3 is 0 Å². The number of benzene rings is 1. The van der Waals surface area contributed by atoms with Gasteiger partial charge in [-0.2, -0.15) is 0 Å². The Kier molecular flexibility index (Phi) is 2.24. The molecular formula is C15H13NO4. The quantitative estimate of drug-likeness (QED) is 0.440. The van der Waals surface area contributed by atoms with E-state index in [1.807, 2.05) is 0 Å². The van der Waals surface area contributed by atoms with Crippen molar-refractivity contribution in [3.63, 3.8) is 0 Å². The third-order valence-electron chi connectivity index (χ3n) is 3.39. The summed E-state index contributed by atoms with van der Waals surface area (Å²) in [5.74, 6) is -3.38. The largest absolute Gasteiger partial charge is 0.299 e. The van der Waals surface area contributed by atoms with E-state index in [1.54, 1.807) is 12.1 Å². The lowest BCUT2D eigenvalue weighted by molar-refractivity contribution is -0.128. The first-order valence-corrected chi connectivity index (χ1v) is 6.23. The third-order valence-corrected chi connectivity index (χ3v) is 3.39. The van der Waals surface area contributed by atoms with Crippen molar-refractivity contribution < 1.29 is 23.3 Å². The molecular weight excluding hydrogens is 258 g/mol. The fraction of sp³-hybridized carbons (Fsp3) is 0.333. The van der Waals surface area contributed by atoms with E-state index in [0.717, 1.165) is 0 Å². The Balaban J connectivity index is 2.04. The lowest BCUT2D eigenvalue weighted by Crippen LogP contribution is -2.44. The van der Waals surface area contributed by atoms with Crippen molar-refractivity contribution in [3.05, 3.63) is 35.4 Å². The van der Waals surface area contributed by atoms with Gasteiger partial charge in [-0.3, -0.25) is 24.1 Å². The van der Waals surface area contributed by atoms with Crippen LogP contribution in [0.5, 0.6) is 0 Å². The van der Waals surface area contributed by atoms with Crippen molar-refractivity contribution in [2.24, 2.45) is 0 Å². The van der Waals surface area contributed by atoms with E-state index < -0.39 is 55.0 Å². The van der Waals surface area contributed by atoms with Gasteiger partial charge in [0.05, 0.1) is 24.9 Å². The number of carbonyl (C=O) groups is 4. The van der Waals surface area contributed by atoms with E-state index in [2.05, 4.69) is 0 Å². The van der Waals surface area contributed by atoms with Crippen LogP contribution in [0.1, 0.15) is 50.5 Å². The minimum Gasteiger partial charge on any atom is -0.299 e. The Morgan fingerprint density at radius 1 is 1.10 bits per heavy atom. The summed E-state index contributed by atoms with van der Waals surface area (Å²) < 4.78 is 23.6. The zero-order chi connectivity index (χ0) is 17.0. The highest BCUT2D eigenvalue weighted by molar-refractivity contribution is 6.23. The van der Waals surface area contributed by atoms with Crippen LogP contribution in [-0.4, -0.2) is 34.3 Å². The summed E-state index contributed by atoms with van der Waals surface area (Å²) in [6.45, 7) is 0. The number of hydrogen-bond donors (Lipinski definition) is 0. The molecule has 1 aliphatic carbocycles. The van der Waals surface area contributed by atoms with Gasteiger partial charge >= 0.3 is 0 Å². The van der Waals surface area contributed by atoms with Gasteiger partial charge in [0.2, 0.25) is 0 Å². The van der Waals surface area contributed by atoms with Crippen molar-refractivity contribution >= 4 is 23.4 Å². The molecule has 5 heteroatoms. The van der Waals surface area contributed by atoms with Crippen LogP contribution in [0.3, 0.4) is 0 Å². The minimum absolute atomic E-state index is 0.107. The molecule has 1 saturated carbocycles. The van der Waals surface area contributed by atoms with Gasteiger partial charge in [-0.05, 0) is 25.0 Å². The lowest BCUT2D eigenvalue weighted by atomic mass is 10.1. The molecule has 1 heterocycles. The minimum atomic E-state index is -2.26. The second-order valence-electron chi connectivity index (χ2n) is 4.64. The summed E-state index contributed by atoms with van der Waals surface area (Å²) in [4.78, 5) is 49.6. The van der Waals surface area contributed by atoms with E-state index in [1.165, 1.54) is 12.1 Å². The molecule has 102 valence electrons. The Morgan fingerprint density at radius 2 is 1.70 bits per heavy atom. The molecule has 0 N–H and O–H groups in total. The van der Waals surface area contributed by atoms with Gasteiger partial charge in [-0.1, -0.05) is 12.1 Å². The maximum absolute atomic E-state index is 12.5. The normalized spacial score (nSPS) is 31.4. The van der Waals surface area contributed by atoms with Gasteiger partial charge in [0, 0.05) is 9.11 Å². The van der Waals surface area contributed by atoms with Crippen molar-refractivity contribution in [2.45, 2.75) is 31.7 Å². The van der Waals surface area contributed by atoms with Gasteiger partial charge in [-0.25, -0.2) is 0 Å². The first kappa shape index (κ1) is 9.58. The number of amides is 2. The average Bonchev–Trinajstić information content (AvgIpc) is 2.73. The Morgan fingerprint density at radius 3 is 2.30 bits per heavy atom. The summed E-state index contributed by atoms with van der Waals surface area (Å²) in [5, 5.41) is 0. The molecule has 1 fully saturated rings. The van der Waals surface area contributed by atoms with Crippen molar-refractivity contribution in [3.8, 4) is 0 Å². The Labute approximate surface area is 119 Å². The second kappa shape index (κ2) is 4.67. The van der Waals surface area contributed by atoms with E-state index in [-0.39, 0.29) is 11.1 Å². The van der Waals surface area contributed by atoms with E-state index in [9.17, 15) is 19.2 Å². The molecule has 1 aromatic rings. The van der Waals surface area contributed by atoms with Crippen LogP contribution in [0.25, 0.3) is 0 Å². The molecule has 1 aromatic carbocycles. The number of fused-ring (bicyclic) bond motifs is 1. The molecule has 0 saturated heterocycles. The summed E-state index contributed by atoms with van der Waals surface area (Å²) in [6.07, 6.45) is -3.84. The van der Waals surface area contributed by atoms with Crippen LogP contribution in [0.15, 0.2) is 24.3 Å². The molecule has 2 aliphatic rings. The van der Waals surface area contributed by atoms with Gasteiger partial charge in [-0.15, -0.1) is 0 Å². The fourth-order valence-corrected chi connectivity index (χ4v) is 2.44. The first-order chi connectivity index (χ1) is 10.7. The van der Waals surface area contributed by atoms with Crippen LogP contribution in [0.2, 0.25) is 0 Å². The predicted molar refractivity (Wildman–Crippen MR) is 69.2 cm³/mol. The Hall–Kier alpha value is -2.30. The molecule has 0 bridgehead atoms. The van der Waals surface area contributed by atoms with E-state index in [0.29, 0.717) is 4.90 Å².